The van der Waals surface area contributed by atoms with Crippen molar-refractivity contribution >= 4 is 23.7 Å². The van der Waals surface area contributed by atoms with Crippen molar-refractivity contribution in [3.05, 3.63) is 83.4 Å². The van der Waals surface area contributed by atoms with Crippen LogP contribution >= 0.6 is 0 Å². The second kappa shape index (κ2) is 10.3. The highest BCUT2D eigenvalue weighted by molar-refractivity contribution is 6.12. The lowest BCUT2D eigenvalue weighted by Crippen LogP contribution is -2.51. The van der Waals surface area contributed by atoms with Gasteiger partial charge in [0.1, 0.15) is 35.2 Å². The summed E-state index contributed by atoms with van der Waals surface area (Å²) in [6.45, 7) is 0.228. The third kappa shape index (κ3) is 4.43. The summed E-state index contributed by atoms with van der Waals surface area (Å²) in [6, 6.07) is 19.8. The molecule has 1 saturated heterocycles. The molecule has 3 aromatic rings. The minimum absolute atomic E-state index is 0.0643. The summed E-state index contributed by atoms with van der Waals surface area (Å²) in [4.78, 5) is 43.1. The van der Waals surface area contributed by atoms with E-state index >= 15 is 0 Å². The smallest absolute Gasteiger partial charge is 0.414 e. The average molecular weight is 531 g/mol. The Bertz CT molecular complexity index is 1420. The number of esters is 1. The van der Waals surface area contributed by atoms with Gasteiger partial charge in [-0.05, 0) is 47.5 Å². The number of cyclic esters (lactones) is 1. The number of rotatable bonds is 6. The summed E-state index contributed by atoms with van der Waals surface area (Å²) in [6.07, 6.45) is -0.340. The van der Waals surface area contributed by atoms with Crippen LogP contribution in [0, 0.1) is 0 Å². The van der Waals surface area contributed by atoms with Crippen LogP contribution in [0.3, 0.4) is 0 Å². The summed E-state index contributed by atoms with van der Waals surface area (Å²) in [5.74, 6) is -0.151. The van der Waals surface area contributed by atoms with Crippen molar-refractivity contribution in [3.63, 3.8) is 0 Å². The second-order valence-electron chi connectivity index (χ2n) is 9.76. The maximum absolute atomic E-state index is 14.1. The zero-order chi connectivity index (χ0) is 27.7. The van der Waals surface area contributed by atoms with Gasteiger partial charge >= 0.3 is 12.1 Å². The molecular weight excluding hydrogens is 500 g/mol. The van der Waals surface area contributed by atoms with Crippen LogP contribution in [-0.2, 0) is 26.3 Å². The SMILES string of the molecule is COc1ccc(OCc2ccccc2[C@@H]2C(=O)OCC[C@]23C(=O)N(C)c2cccc(OC(=O)N(C)C)c23)cc1. The van der Waals surface area contributed by atoms with E-state index < -0.39 is 23.4 Å². The zero-order valence-electron chi connectivity index (χ0n) is 22.3. The van der Waals surface area contributed by atoms with Gasteiger partial charge in [0, 0.05) is 33.1 Å². The van der Waals surface area contributed by atoms with Gasteiger partial charge in [-0.15, -0.1) is 0 Å². The Hall–Kier alpha value is -4.53. The molecule has 0 unspecified atom stereocenters. The van der Waals surface area contributed by atoms with Gasteiger partial charge in [0.2, 0.25) is 5.91 Å². The molecule has 1 spiro atoms. The van der Waals surface area contributed by atoms with Gasteiger partial charge in [-0.1, -0.05) is 30.3 Å². The quantitative estimate of drug-likeness (QED) is 0.439. The van der Waals surface area contributed by atoms with Gasteiger partial charge in [0.15, 0.2) is 0 Å². The van der Waals surface area contributed by atoms with Gasteiger partial charge in [0.25, 0.3) is 0 Å². The predicted molar refractivity (Wildman–Crippen MR) is 143 cm³/mol. The van der Waals surface area contributed by atoms with E-state index in [4.69, 9.17) is 18.9 Å². The van der Waals surface area contributed by atoms with Crippen molar-refractivity contribution in [2.24, 2.45) is 0 Å². The molecule has 0 aliphatic carbocycles. The number of hydrogen-bond acceptors (Lipinski definition) is 7. The number of likely N-dealkylation sites (N-methyl/N-ethyl adjacent to an activating group) is 1. The first-order valence-corrected chi connectivity index (χ1v) is 12.6. The molecule has 2 atom stereocenters. The second-order valence-corrected chi connectivity index (χ2v) is 9.76. The fraction of sp³-hybridized carbons (Fsp3) is 0.300. The molecule has 2 amide bonds. The molecule has 9 nitrogen and oxygen atoms in total. The molecule has 39 heavy (non-hydrogen) atoms. The maximum atomic E-state index is 14.1. The van der Waals surface area contributed by atoms with Crippen molar-refractivity contribution in [3.8, 4) is 17.2 Å². The largest absolute Gasteiger partial charge is 0.497 e. The molecular formula is C30H30N2O7. The van der Waals surface area contributed by atoms with Gasteiger partial charge in [-0.2, -0.15) is 0 Å². The molecule has 1 fully saturated rings. The summed E-state index contributed by atoms with van der Waals surface area (Å²) >= 11 is 0. The van der Waals surface area contributed by atoms with E-state index in [0.29, 0.717) is 28.3 Å². The minimum Gasteiger partial charge on any atom is -0.497 e. The summed E-state index contributed by atoms with van der Waals surface area (Å²) in [5, 5.41) is 0. The number of methoxy groups -OCH3 is 1. The molecule has 0 radical (unpaired) electrons. The van der Waals surface area contributed by atoms with E-state index in [9.17, 15) is 14.4 Å². The Labute approximate surface area is 226 Å². The Balaban J connectivity index is 1.60. The maximum Gasteiger partial charge on any atom is 0.414 e. The van der Waals surface area contributed by atoms with Crippen LogP contribution < -0.4 is 19.1 Å². The zero-order valence-corrected chi connectivity index (χ0v) is 22.3. The van der Waals surface area contributed by atoms with Gasteiger partial charge in [-0.25, -0.2) is 4.79 Å². The molecule has 2 heterocycles. The number of nitrogens with zero attached hydrogens (tertiary/aromatic N) is 2. The van der Waals surface area contributed by atoms with Gasteiger partial charge < -0.3 is 28.7 Å². The van der Waals surface area contributed by atoms with Gasteiger partial charge in [-0.3, -0.25) is 9.59 Å². The van der Waals surface area contributed by atoms with Crippen LogP contribution in [0.25, 0.3) is 0 Å². The van der Waals surface area contributed by atoms with Crippen LogP contribution in [0.2, 0.25) is 0 Å². The number of carbonyl (C=O) groups excluding carboxylic acids is 3. The highest BCUT2D eigenvalue weighted by Crippen LogP contribution is 2.57. The molecule has 0 bridgehead atoms. The minimum atomic E-state index is -1.32. The summed E-state index contributed by atoms with van der Waals surface area (Å²) in [5.41, 5.74) is 1.15. The number of anilines is 1. The Morgan fingerprint density at radius 3 is 2.46 bits per heavy atom. The van der Waals surface area contributed by atoms with Crippen molar-refractivity contribution in [2.75, 3.05) is 39.8 Å². The number of amides is 2. The lowest BCUT2D eigenvalue weighted by Gasteiger charge is -2.40. The molecule has 9 heteroatoms. The van der Waals surface area contributed by atoms with Crippen molar-refractivity contribution < 1.29 is 33.3 Å². The molecule has 0 N–H and O–H groups in total. The highest BCUT2D eigenvalue weighted by atomic mass is 16.6. The Morgan fingerprint density at radius 2 is 1.74 bits per heavy atom. The standard InChI is InChI=1S/C30H30N2O7/c1-31(2)29(35)39-24-11-7-10-23-26(24)30(28(34)32(23)3)16-17-37-27(33)25(30)22-9-6-5-8-19(22)18-38-21-14-12-20(36-4)13-15-21/h5-15,25H,16-18H2,1-4H3/t25-,30+/m1/s1. The number of ether oxygens (including phenoxy) is 4. The molecule has 2 aliphatic rings. The van der Waals surface area contributed by atoms with E-state index in [2.05, 4.69) is 0 Å². The monoisotopic (exact) mass is 530 g/mol. The van der Waals surface area contributed by atoms with E-state index in [1.807, 2.05) is 24.3 Å². The average Bonchev–Trinajstić information content (AvgIpc) is 3.15. The first-order valence-electron chi connectivity index (χ1n) is 12.6. The predicted octanol–water partition coefficient (Wildman–Crippen LogP) is 4.28. The van der Waals surface area contributed by atoms with E-state index in [0.717, 1.165) is 5.56 Å². The molecule has 0 saturated carbocycles. The topological polar surface area (TPSA) is 94.6 Å². The summed E-state index contributed by atoms with van der Waals surface area (Å²) < 4.78 is 22.6. The van der Waals surface area contributed by atoms with Crippen LogP contribution in [0.15, 0.2) is 66.7 Å². The number of carbonyl (C=O) groups is 3. The number of benzene rings is 3. The van der Waals surface area contributed by atoms with E-state index in [1.165, 1.54) is 9.80 Å². The third-order valence-corrected chi connectivity index (χ3v) is 7.35. The highest BCUT2D eigenvalue weighted by Gasteiger charge is 2.61. The Kier molecular flexibility index (Phi) is 6.91. The lowest BCUT2D eigenvalue weighted by atomic mass is 9.64. The van der Waals surface area contributed by atoms with E-state index in [1.54, 1.807) is 70.7 Å². The number of fused-ring (bicyclic) bond motifs is 2. The Morgan fingerprint density at radius 1 is 1.03 bits per heavy atom. The third-order valence-electron chi connectivity index (χ3n) is 7.35. The fourth-order valence-electron chi connectivity index (χ4n) is 5.45. The molecule has 3 aromatic carbocycles. The van der Waals surface area contributed by atoms with Crippen molar-refractivity contribution in [1.82, 2.24) is 4.90 Å². The molecule has 5 rings (SSSR count). The number of hydrogen-bond donors (Lipinski definition) is 0. The molecule has 2 aliphatic heterocycles. The van der Waals surface area contributed by atoms with Crippen LogP contribution in [0.5, 0.6) is 17.2 Å². The first-order chi connectivity index (χ1) is 18.8. The molecule has 0 aromatic heterocycles. The van der Waals surface area contributed by atoms with Crippen molar-refractivity contribution in [1.29, 1.82) is 0 Å². The van der Waals surface area contributed by atoms with Gasteiger partial charge in [0.05, 0.1) is 19.4 Å². The normalized spacial score (nSPS) is 19.9. The first kappa shape index (κ1) is 26.1. The molecule has 202 valence electrons. The van der Waals surface area contributed by atoms with Crippen LogP contribution in [0.4, 0.5) is 10.5 Å². The van der Waals surface area contributed by atoms with Crippen LogP contribution in [0.1, 0.15) is 29.0 Å². The van der Waals surface area contributed by atoms with Crippen LogP contribution in [-0.4, -0.2) is 57.7 Å². The lowest BCUT2D eigenvalue weighted by molar-refractivity contribution is -0.156. The van der Waals surface area contributed by atoms with Crippen molar-refractivity contribution in [2.45, 2.75) is 24.4 Å². The fourth-order valence-corrected chi connectivity index (χ4v) is 5.45. The summed E-state index contributed by atoms with van der Waals surface area (Å²) in [7, 11) is 6.43. The van der Waals surface area contributed by atoms with E-state index in [-0.39, 0.29) is 31.3 Å².